The van der Waals surface area contributed by atoms with Gasteiger partial charge in [-0.05, 0) is 56.5 Å². The number of hydrogen-bond donors (Lipinski definition) is 1. The van der Waals surface area contributed by atoms with E-state index in [9.17, 15) is 18.0 Å². The molecule has 0 radical (unpaired) electrons. The Kier molecular flexibility index (Phi) is 12.5. The average molecular weight is 625 g/mol. The van der Waals surface area contributed by atoms with Crippen LogP contribution in [0.4, 0.5) is 5.69 Å². The predicted octanol–water partition coefficient (Wildman–Crippen LogP) is 6.57. The van der Waals surface area contributed by atoms with E-state index in [1.807, 2.05) is 20.8 Å². The second kappa shape index (κ2) is 14.6. The minimum absolute atomic E-state index is 0.0127. The number of amides is 2. The zero-order chi connectivity index (χ0) is 28.6. The Bertz CT molecular complexity index is 1220. The number of hydrogen-bond acceptors (Lipinski definition) is 4. The summed E-state index contributed by atoms with van der Waals surface area (Å²) in [6, 6.07) is 8.75. The average Bonchev–Trinajstić information content (AvgIpc) is 2.84. The third-order valence-electron chi connectivity index (χ3n) is 6.11. The molecule has 0 saturated carbocycles. The molecule has 0 aliphatic rings. The van der Waals surface area contributed by atoms with Crippen LogP contribution in [0.15, 0.2) is 36.4 Å². The topological polar surface area (TPSA) is 86.8 Å². The number of anilines is 1. The van der Waals surface area contributed by atoms with E-state index < -0.39 is 16.1 Å². The van der Waals surface area contributed by atoms with Crippen LogP contribution in [-0.2, 0) is 26.2 Å². The maximum atomic E-state index is 13.6. The van der Waals surface area contributed by atoms with Crippen molar-refractivity contribution in [2.24, 2.45) is 0 Å². The molecule has 0 bridgehead atoms. The molecule has 1 N–H and O–H groups in total. The summed E-state index contributed by atoms with van der Waals surface area (Å²) in [4.78, 5) is 28.2. The summed E-state index contributed by atoms with van der Waals surface area (Å²) in [5, 5.41) is 4.25. The third kappa shape index (κ3) is 8.91. The van der Waals surface area contributed by atoms with Gasteiger partial charge in [0.2, 0.25) is 21.8 Å². The van der Waals surface area contributed by atoms with Gasteiger partial charge in [-0.15, -0.1) is 0 Å². The van der Waals surface area contributed by atoms with Gasteiger partial charge in [0, 0.05) is 46.2 Å². The molecule has 7 nitrogen and oxygen atoms in total. The monoisotopic (exact) mass is 623 g/mol. The molecule has 0 aromatic heterocycles. The summed E-state index contributed by atoms with van der Waals surface area (Å²) in [6.45, 7) is 5.68. The van der Waals surface area contributed by atoms with Gasteiger partial charge in [-0.25, -0.2) is 8.42 Å². The van der Waals surface area contributed by atoms with Gasteiger partial charge >= 0.3 is 0 Å². The van der Waals surface area contributed by atoms with Gasteiger partial charge in [-0.3, -0.25) is 13.9 Å². The molecule has 0 aliphatic carbocycles. The standard InChI is InChI=1S/C26H33Cl4N3O4S/c1-5-17(3)31-26(35)23(6-2)32(16-19-20(28)9-7-10-21(19)29)25(34)11-8-14-33(38(4,36)37)24-15-18(27)12-13-22(24)30/h7,9-10,12-13,15,17,23H,5-6,8,11,14,16H2,1-4H3,(H,31,35)/t17-,23-/m0/s1. The molecular formula is C26H33Cl4N3O4S. The van der Waals surface area contributed by atoms with Crippen LogP contribution in [0, 0.1) is 0 Å². The van der Waals surface area contributed by atoms with E-state index in [-0.39, 0.29) is 54.5 Å². The van der Waals surface area contributed by atoms with E-state index in [0.29, 0.717) is 27.1 Å². The lowest BCUT2D eigenvalue weighted by atomic mass is 10.1. The Labute approximate surface area is 245 Å². The number of benzene rings is 2. The quantitative estimate of drug-likeness (QED) is 0.273. The first kappa shape index (κ1) is 32.5. The van der Waals surface area contributed by atoms with Crippen LogP contribution in [0.3, 0.4) is 0 Å². The fourth-order valence-corrected chi connectivity index (χ4v) is 5.80. The summed E-state index contributed by atoms with van der Waals surface area (Å²) < 4.78 is 26.2. The van der Waals surface area contributed by atoms with Crippen LogP contribution >= 0.6 is 46.4 Å². The molecule has 12 heteroatoms. The van der Waals surface area contributed by atoms with Crippen molar-refractivity contribution < 1.29 is 18.0 Å². The van der Waals surface area contributed by atoms with Crippen molar-refractivity contribution in [1.29, 1.82) is 0 Å². The fraction of sp³-hybridized carbons (Fsp3) is 0.462. The predicted molar refractivity (Wildman–Crippen MR) is 157 cm³/mol. The second-order valence-electron chi connectivity index (χ2n) is 9.00. The van der Waals surface area contributed by atoms with Crippen molar-refractivity contribution in [3.05, 3.63) is 62.1 Å². The lowest BCUT2D eigenvalue weighted by Crippen LogP contribution is -2.50. The van der Waals surface area contributed by atoms with Gasteiger partial charge in [0.05, 0.1) is 17.0 Å². The van der Waals surface area contributed by atoms with E-state index >= 15 is 0 Å². The van der Waals surface area contributed by atoms with Gasteiger partial charge in [-0.2, -0.15) is 0 Å². The number of carbonyl (C=O) groups excluding carboxylic acids is 2. The summed E-state index contributed by atoms with van der Waals surface area (Å²) in [5.74, 6) is -0.611. The lowest BCUT2D eigenvalue weighted by molar-refractivity contribution is -0.141. The molecule has 2 atom stereocenters. The molecule has 0 aliphatic heterocycles. The minimum atomic E-state index is -3.72. The number of carbonyl (C=O) groups is 2. The molecule has 2 aromatic rings. The van der Waals surface area contributed by atoms with Crippen molar-refractivity contribution >= 4 is 73.9 Å². The third-order valence-corrected chi connectivity index (χ3v) is 8.55. The largest absolute Gasteiger partial charge is 0.352 e. The first-order chi connectivity index (χ1) is 17.8. The molecule has 0 spiro atoms. The highest BCUT2D eigenvalue weighted by molar-refractivity contribution is 7.92. The normalized spacial score (nSPS) is 13.1. The zero-order valence-electron chi connectivity index (χ0n) is 21.8. The van der Waals surface area contributed by atoms with Gasteiger partial charge in [-0.1, -0.05) is 66.3 Å². The van der Waals surface area contributed by atoms with Crippen molar-refractivity contribution in [2.75, 3.05) is 17.1 Å². The molecule has 2 amide bonds. The van der Waals surface area contributed by atoms with Gasteiger partial charge in [0.25, 0.3) is 0 Å². The van der Waals surface area contributed by atoms with E-state index in [1.54, 1.807) is 24.3 Å². The highest BCUT2D eigenvalue weighted by Gasteiger charge is 2.30. The Morgan fingerprint density at radius 1 is 0.974 bits per heavy atom. The maximum Gasteiger partial charge on any atom is 0.243 e. The summed E-state index contributed by atoms with van der Waals surface area (Å²) in [6.07, 6.45) is 2.30. The zero-order valence-corrected chi connectivity index (χ0v) is 25.6. The molecule has 2 rings (SSSR count). The smallest absolute Gasteiger partial charge is 0.243 e. The molecule has 0 heterocycles. The van der Waals surface area contributed by atoms with Crippen LogP contribution in [0.25, 0.3) is 0 Å². The highest BCUT2D eigenvalue weighted by atomic mass is 35.5. The van der Waals surface area contributed by atoms with Crippen molar-refractivity contribution in [2.45, 2.75) is 65.1 Å². The van der Waals surface area contributed by atoms with E-state index in [1.165, 1.54) is 17.0 Å². The van der Waals surface area contributed by atoms with Crippen molar-refractivity contribution in [3.8, 4) is 0 Å². The van der Waals surface area contributed by atoms with Crippen molar-refractivity contribution in [3.63, 3.8) is 0 Å². The number of nitrogens with zero attached hydrogens (tertiary/aromatic N) is 2. The highest BCUT2D eigenvalue weighted by Crippen LogP contribution is 2.31. The number of nitrogens with one attached hydrogen (secondary N) is 1. The summed E-state index contributed by atoms with van der Waals surface area (Å²) in [7, 11) is -3.72. The number of halogens is 4. The maximum absolute atomic E-state index is 13.6. The molecule has 0 fully saturated rings. The molecule has 0 unspecified atom stereocenters. The first-order valence-electron chi connectivity index (χ1n) is 12.3. The van der Waals surface area contributed by atoms with Crippen LogP contribution in [0.1, 0.15) is 52.0 Å². The van der Waals surface area contributed by atoms with Crippen molar-refractivity contribution in [1.82, 2.24) is 10.2 Å². The van der Waals surface area contributed by atoms with Crippen LogP contribution in [-0.4, -0.2) is 50.0 Å². The molecule has 0 saturated heterocycles. The number of sulfonamides is 1. The Hall–Kier alpha value is -1.71. The van der Waals surface area contributed by atoms with Gasteiger partial charge in [0.15, 0.2) is 0 Å². The number of rotatable bonds is 13. The first-order valence-corrected chi connectivity index (χ1v) is 15.6. The Morgan fingerprint density at radius 2 is 1.61 bits per heavy atom. The van der Waals surface area contributed by atoms with E-state index in [0.717, 1.165) is 17.0 Å². The van der Waals surface area contributed by atoms with Gasteiger partial charge < -0.3 is 10.2 Å². The second-order valence-corrected chi connectivity index (χ2v) is 12.6. The Balaban J connectivity index is 2.32. The minimum Gasteiger partial charge on any atom is -0.352 e. The van der Waals surface area contributed by atoms with Crippen LogP contribution < -0.4 is 9.62 Å². The summed E-state index contributed by atoms with van der Waals surface area (Å²) >= 11 is 25.1. The molecule has 2 aromatic carbocycles. The summed E-state index contributed by atoms with van der Waals surface area (Å²) in [5.41, 5.74) is 0.760. The molecular weight excluding hydrogens is 592 g/mol. The molecule has 38 heavy (non-hydrogen) atoms. The lowest BCUT2D eigenvalue weighted by Gasteiger charge is -2.32. The van der Waals surface area contributed by atoms with Crippen LogP contribution in [0.2, 0.25) is 20.1 Å². The van der Waals surface area contributed by atoms with Crippen LogP contribution in [0.5, 0.6) is 0 Å². The fourth-order valence-electron chi connectivity index (χ4n) is 3.87. The Morgan fingerprint density at radius 3 is 2.16 bits per heavy atom. The molecule has 210 valence electrons. The van der Waals surface area contributed by atoms with Gasteiger partial charge in [0.1, 0.15) is 6.04 Å². The van der Waals surface area contributed by atoms with E-state index in [2.05, 4.69) is 5.32 Å². The SMILES string of the molecule is CC[C@H](C)NC(=O)[C@H](CC)N(Cc1c(Cl)cccc1Cl)C(=O)CCCN(c1cc(Cl)ccc1Cl)S(C)(=O)=O. The van der Waals surface area contributed by atoms with E-state index in [4.69, 9.17) is 46.4 Å².